The maximum absolute atomic E-state index is 13.2. The molecule has 1 heterocycles. The number of nitrogens with one attached hydrogen (secondary N) is 2. The molecule has 1 unspecified atom stereocenters. The van der Waals surface area contributed by atoms with Crippen molar-refractivity contribution in [2.24, 2.45) is 0 Å². The monoisotopic (exact) mass is 508 g/mol. The van der Waals surface area contributed by atoms with Crippen molar-refractivity contribution >= 4 is 49.4 Å². The Labute approximate surface area is 190 Å². The molecule has 1 aromatic heterocycles. The van der Waals surface area contributed by atoms with Crippen LogP contribution in [0, 0.1) is 0 Å². The predicted molar refractivity (Wildman–Crippen MR) is 123 cm³/mol. The molecular weight excluding hydrogens is 482 g/mol. The molecule has 1 atom stereocenters. The number of fused-ring (bicyclic) bond motifs is 1. The highest BCUT2D eigenvalue weighted by Crippen LogP contribution is 2.58. The minimum Gasteiger partial charge on any atom is -0.323 e. The number of carbonyl (C=O) groups is 1. The zero-order chi connectivity index (χ0) is 24.1. The molecule has 14 heteroatoms. The second-order valence-electron chi connectivity index (χ2n) is 7.21. The molecule has 2 aromatic rings. The van der Waals surface area contributed by atoms with Crippen LogP contribution in [0.5, 0.6) is 0 Å². The molecule has 0 saturated heterocycles. The van der Waals surface area contributed by atoms with Crippen molar-refractivity contribution in [2.45, 2.75) is 38.3 Å². The second-order valence-corrected chi connectivity index (χ2v) is 11.4. The fourth-order valence-corrected chi connectivity index (χ4v) is 5.53. The van der Waals surface area contributed by atoms with Crippen molar-refractivity contribution in [3.8, 4) is 0 Å². The molecular formula is C18H27ClN4O7P2. The SMILES string of the molecule is CCNCCCC(C)N(C(=O)NC(P(=O)(O)O)P(=O)(O)O)c1ccnc2cc(Cl)ccc12. The van der Waals surface area contributed by atoms with Gasteiger partial charge in [0, 0.05) is 22.6 Å². The molecule has 11 nitrogen and oxygen atoms in total. The second kappa shape index (κ2) is 11.0. The number of rotatable bonds is 10. The minimum absolute atomic E-state index is 0.357. The summed E-state index contributed by atoms with van der Waals surface area (Å²) in [7, 11) is -10.7. The van der Waals surface area contributed by atoms with Gasteiger partial charge < -0.3 is 30.2 Å². The number of hydrogen-bond donors (Lipinski definition) is 6. The number of halogens is 1. The first-order valence-corrected chi connectivity index (χ1v) is 13.6. The Morgan fingerprint density at radius 2 is 1.84 bits per heavy atom. The Morgan fingerprint density at radius 1 is 1.19 bits per heavy atom. The molecule has 0 fully saturated rings. The van der Waals surface area contributed by atoms with Gasteiger partial charge in [-0.2, -0.15) is 0 Å². The van der Waals surface area contributed by atoms with Crippen molar-refractivity contribution in [3.63, 3.8) is 0 Å². The lowest BCUT2D eigenvalue weighted by Crippen LogP contribution is -2.49. The van der Waals surface area contributed by atoms with E-state index in [-0.39, 0.29) is 0 Å². The highest BCUT2D eigenvalue weighted by atomic mass is 35.5. The maximum atomic E-state index is 13.2. The van der Waals surface area contributed by atoms with Crippen LogP contribution in [0.2, 0.25) is 5.02 Å². The molecule has 2 rings (SSSR count). The summed E-state index contributed by atoms with van der Waals surface area (Å²) in [6.45, 7) is 5.16. The lowest BCUT2D eigenvalue weighted by Gasteiger charge is -2.32. The molecule has 0 bridgehead atoms. The summed E-state index contributed by atoms with van der Waals surface area (Å²) < 4.78 is 23.3. The van der Waals surface area contributed by atoms with E-state index in [9.17, 15) is 33.5 Å². The van der Waals surface area contributed by atoms with Crippen LogP contribution in [0.15, 0.2) is 30.5 Å². The Balaban J connectivity index is 2.48. The van der Waals surface area contributed by atoms with Crippen LogP contribution in [0.4, 0.5) is 10.5 Å². The number of urea groups is 1. The van der Waals surface area contributed by atoms with Gasteiger partial charge in [-0.05, 0) is 57.1 Å². The first-order chi connectivity index (χ1) is 14.9. The zero-order valence-electron chi connectivity index (χ0n) is 17.6. The van der Waals surface area contributed by atoms with E-state index in [1.807, 2.05) is 12.2 Å². The predicted octanol–water partition coefficient (Wildman–Crippen LogP) is 2.82. The fourth-order valence-electron chi connectivity index (χ4n) is 3.24. The van der Waals surface area contributed by atoms with Gasteiger partial charge in [-0.25, -0.2) is 4.79 Å². The summed E-state index contributed by atoms with van der Waals surface area (Å²) in [6, 6.07) is 4.86. The number of amides is 2. The number of carbonyl (C=O) groups excluding carboxylic acids is 1. The van der Waals surface area contributed by atoms with E-state index in [1.165, 1.54) is 11.1 Å². The van der Waals surface area contributed by atoms with Crippen LogP contribution in [-0.2, 0) is 9.13 Å². The van der Waals surface area contributed by atoms with E-state index in [2.05, 4.69) is 10.3 Å². The molecule has 0 aliphatic rings. The average molecular weight is 509 g/mol. The van der Waals surface area contributed by atoms with E-state index in [0.29, 0.717) is 41.0 Å². The smallest absolute Gasteiger partial charge is 0.323 e. The quantitative estimate of drug-likeness (QED) is 0.208. The van der Waals surface area contributed by atoms with Crippen LogP contribution in [-0.4, -0.2) is 55.2 Å². The third-order valence-electron chi connectivity index (χ3n) is 4.72. The van der Waals surface area contributed by atoms with Crippen molar-refractivity contribution in [2.75, 3.05) is 18.0 Å². The lowest BCUT2D eigenvalue weighted by atomic mass is 10.1. The fraction of sp³-hybridized carbons (Fsp3) is 0.444. The van der Waals surface area contributed by atoms with Crippen molar-refractivity contribution in [1.82, 2.24) is 15.6 Å². The molecule has 1 aromatic carbocycles. The Bertz CT molecular complexity index is 1020. The third-order valence-corrected chi connectivity index (χ3v) is 8.29. The number of hydrogen-bond acceptors (Lipinski definition) is 5. The molecule has 32 heavy (non-hydrogen) atoms. The molecule has 178 valence electrons. The molecule has 0 saturated carbocycles. The third kappa shape index (κ3) is 6.97. The molecule has 2 amide bonds. The summed E-state index contributed by atoms with van der Waals surface area (Å²) in [5, 5.41) is 5.99. The van der Waals surface area contributed by atoms with Crippen LogP contribution >= 0.6 is 26.8 Å². The lowest BCUT2D eigenvalue weighted by molar-refractivity contribution is 0.240. The van der Waals surface area contributed by atoms with Gasteiger partial charge in [0.1, 0.15) is 0 Å². The molecule has 0 aliphatic carbocycles. The van der Waals surface area contributed by atoms with E-state index >= 15 is 0 Å². The van der Waals surface area contributed by atoms with Gasteiger partial charge >= 0.3 is 21.2 Å². The standard InChI is InChI=1S/C18H27ClN4O7P2/c1-3-20-9-4-5-12(2)23(17(24)22-18(31(25,26)27)32(28,29)30)16-8-10-21-15-11-13(19)6-7-14(15)16/h6-8,10-12,18,20H,3-5,9H2,1-2H3,(H,22,24)(H2,25,26,27)(H2,28,29,30). The van der Waals surface area contributed by atoms with Crippen LogP contribution in [0.3, 0.4) is 0 Å². The van der Waals surface area contributed by atoms with Crippen LogP contribution in [0.25, 0.3) is 10.9 Å². The van der Waals surface area contributed by atoms with Crippen LogP contribution in [0.1, 0.15) is 26.7 Å². The molecule has 0 radical (unpaired) electrons. The van der Waals surface area contributed by atoms with Crippen molar-refractivity contribution in [1.29, 1.82) is 0 Å². The first-order valence-electron chi connectivity index (χ1n) is 9.81. The topological polar surface area (TPSA) is 172 Å². The summed E-state index contributed by atoms with van der Waals surface area (Å²) >= 11 is 6.03. The number of benzene rings is 1. The van der Waals surface area contributed by atoms with E-state index < -0.39 is 32.8 Å². The van der Waals surface area contributed by atoms with Gasteiger partial charge in [-0.15, -0.1) is 0 Å². The van der Waals surface area contributed by atoms with Gasteiger partial charge in [-0.3, -0.25) is 19.0 Å². The van der Waals surface area contributed by atoms with E-state index in [4.69, 9.17) is 11.6 Å². The summed E-state index contributed by atoms with van der Waals surface area (Å²) in [5.74, 6) is 0. The summed E-state index contributed by atoms with van der Waals surface area (Å²) in [5.41, 5.74) is -1.83. The van der Waals surface area contributed by atoms with Gasteiger partial charge in [0.2, 0.25) is 5.52 Å². The normalized spacial score (nSPS) is 13.4. The van der Waals surface area contributed by atoms with Crippen molar-refractivity contribution in [3.05, 3.63) is 35.5 Å². The largest absolute Gasteiger partial charge is 0.360 e. The Hall–Kier alpha value is -1.55. The Morgan fingerprint density at radius 3 is 2.44 bits per heavy atom. The molecule has 6 N–H and O–H groups in total. The minimum atomic E-state index is -5.36. The first kappa shape index (κ1) is 26.7. The molecule has 0 aliphatic heterocycles. The average Bonchev–Trinajstić information content (AvgIpc) is 2.68. The number of anilines is 1. The number of aromatic nitrogens is 1. The highest BCUT2D eigenvalue weighted by Gasteiger charge is 2.45. The summed E-state index contributed by atoms with van der Waals surface area (Å²) in [6.07, 6.45) is 2.64. The zero-order valence-corrected chi connectivity index (χ0v) is 20.1. The van der Waals surface area contributed by atoms with Gasteiger partial charge in [0.05, 0.1) is 11.2 Å². The Kier molecular flexibility index (Phi) is 9.22. The summed E-state index contributed by atoms with van der Waals surface area (Å²) in [4.78, 5) is 56.2. The molecule has 0 spiro atoms. The maximum Gasteiger partial charge on any atom is 0.360 e. The van der Waals surface area contributed by atoms with Gasteiger partial charge in [0.25, 0.3) is 0 Å². The van der Waals surface area contributed by atoms with Crippen LogP contribution < -0.4 is 15.5 Å². The van der Waals surface area contributed by atoms with E-state index in [0.717, 1.165) is 6.54 Å². The van der Waals surface area contributed by atoms with Crippen molar-refractivity contribution < 1.29 is 33.5 Å². The van der Waals surface area contributed by atoms with E-state index in [1.54, 1.807) is 31.2 Å². The van der Waals surface area contributed by atoms with Gasteiger partial charge in [-0.1, -0.05) is 18.5 Å². The van der Waals surface area contributed by atoms with Gasteiger partial charge in [0.15, 0.2) is 0 Å². The number of nitrogens with zero attached hydrogens (tertiary/aromatic N) is 2. The number of pyridine rings is 1. The highest BCUT2D eigenvalue weighted by molar-refractivity contribution is 7.70.